The number of carbonyl (C=O) groups excluding carboxylic acids is 1. The number of H-pyrrole nitrogens is 1. The molecule has 2 bridgehead atoms. The molecule has 4 N–H and O–H groups in total. The van der Waals surface area contributed by atoms with E-state index in [4.69, 9.17) is 9.47 Å². The second kappa shape index (κ2) is 8.64. The molecule has 0 radical (unpaired) electrons. The van der Waals surface area contributed by atoms with Crippen LogP contribution in [0.5, 0.6) is 23.0 Å². The predicted octanol–water partition coefficient (Wildman–Crippen LogP) is 6.13. The molecule has 6 rings (SSSR count). The molecule has 7 nitrogen and oxygen atoms in total. The molecule has 1 aliphatic heterocycles. The average Bonchev–Trinajstić information content (AvgIpc) is 3.51. The lowest BCUT2D eigenvalue weighted by Gasteiger charge is -2.31. The third-order valence-electron chi connectivity index (χ3n) is 6.77. The van der Waals surface area contributed by atoms with Crippen LogP contribution in [-0.2, 0) is 4.79 Å². The number of nitrogens with one attached hydrogen (secondary N) is 2. The average molecular weight is 493 g/mol. The van der Waals surface area contributed by atoms with Gasteiger partial charge in [0.2, 0.25) is 0 Å². The first-order chi connectivity index (χ1) is 17.9. The number of benzene rings is 4. The maximum Gasteiger partial charge on any atom is 0.342 e. The van der Waals surface area contributed by atoms with Gasteiger partial charge in [0, 0.05) is 40.0 Å². The van der Waals surface area contributed by atoms with Crippen LogP contribution in [0.2, 0.25) is 0 Å². The Balaban J connectivity index is 1.49. The number of phenols is 2. The molecule has 7 heteroatoms. The Kier molecular flexibility index (Phi) is 5.26. The Morgan fingerprint density at radius 2 is 1.76 bits per heavy atom. The quantitative estimate of drug-likeness (QED) is 0.174. The molecule has 0 aliphatic carbocycles. The Labute approximate surface area is 212 Å². The minimum Gasteiger partial charge on any atom is -0.508 e. The number of esters is 1. The highest BCUT2D eigenvalue weighted by Gasteiger charge is 2.36. The first-order valence-corrected chi connectivity index (χ1v) is 11.8. The molecule has 0 spiro atoms. The highest BCUT2D eigenvalue weighted by Crippen LogP contribution is 2.49. The summed E-state index contributed by atoms with van der Waals surface area (Å²) in [6.07, 6.45) is 0. The van der Waals surface area contributed by atoms with E-state index in [1.54, 1.807) is 44.4 Å². The summed E-state index contributed by atoms with van der Waals surface area (Å²) in [5.74, 6) is -0.0343. The molecular formula is C30H24N2O5. The Bertz CT molecular complexity index is 1680. The maximum atomic E-state index is 13.6. The standard InChI is InChI=1S/C30H24N2O5/c1-16-27(30(35)37-26-15-19-10-11-22(26)32-19)28(17-6-5-7-20(33)12-17)29-23(31-16)13-18(14-24(29)34)21-8-3-4-9-25(21)36-2/h3-15,28,31-34H,1-2H3/t28-/m1/s1. The van der Waals surface area contributed by atoms with Gasteiger partial charge in [0.25, 0.3) is 0 Å². The van der Waals surface area contributed by atoms with Crippen LogP contribution in [0, 0.1) is 0 Å². The predicted molar refractivity (Wildman–Crippen MR) is 141 cm³/mol. The summed E-state index contributed by atoms with van der Waals surface area (Å²) in [6.45, 7) is 1.80. The molecule has 0 amide bonds. The number of allylic oxidation sites excluding steroid dienone is 1. The van der Waals surface area contributed by atoms with Crippen molar-refractivity contribution in [1.82, 2.24) is 4.98 Å². The molecule has 1 atom stereocenters. The van der Waals surface area contributed by atoms with Crippen molar-refractivity contribution in [3.63, 3.8) is 0 Å². The highest BCUT2D eigenvalue weighted by atomic mass is 16.5. The number of fused-ring (bicyclic) bond motifs is 3. The van der Waals surface area contributed by atoms with E-state index in [1.807, 2.05) is 48.5 Å². The minimum atomic E-state index is -0.678. The lowest BCUT2D eigenvalue weighted by Crippen LogP contribution is -2.26. The van der Waals surface area contributed by atoms with Crippen LogP contribution in [0.1, 0.15) is 24.0 Å². The van der Waals surface area contributed by atoms with Crippen molar-refractivity contribution in [3.05, 3.63) is 101 Å². The van der Waals surface area contributed by atoms with Crippen molar-refractivity contribution in [3.8, 4) is 34.1 Å². The number of hydrogen-bond donors (Lipinski definition) is 4. The minimum absolute atomic E-state index is 0.00529. The number of rotatable bonds is 5. The second-order valence-corrected chi connectivity index (χ2v) is 9.07. The van der Waals surface area contributed by atoms with Gasteiger partial charge in [0.15, 0.2) is 5.75 Å². The van der Waals surface area contributed by atoms with Gasteiger partial charge in [-0.2, -0.15) is 0 Å². The van der Waals surface area contributed by atoms with Crippen molar-refractivity contribution in [2.45, 2.75) is 12.8 Å². The van der Waals surface area contributed by atoms with Crippen molar-refractivity contribution in [2.24, 2.45) is 0 Å². The van der Waals surface area contributed by atoms with Gasteiger partial charge < -0.3 is 30.0 Å². The summed E-state index contributed by atoms with van der Waals surface area (Å²) in [5, 5.41) is 24.9. The lowest BCUT2D eigenvalue weighted by molar-refractivity contribution is -0.130. The highest BCUT2D eigenvalue weighted by molar-refractivity contribution is 5.98. The van der Waals surface area contributed by atoms with Crippen LogP contribution in [0.25, 0.3) is 22.2 Å². The summed E-state index contributed by atoms with van der Waals surface area (Å²) in [5.41, 5.74) is 5.92. The van der Waals surface area contributed by atoms with Gasteiger partial charge in [-0.15, -0.1) is 0 Å². The van der Waals surface area contributed by atoms with Gasteiger partial charge in [0.05, 0.1) is 18.2 Å². The van der Waals surface area contributed by atoms with Crippen LogP contribution < -0.4 is 14.8 Å². The molecule has 3 heterocycles. The first kappa shape index (κ1) is 22.5. The molecule has 0 saturated heterocycles. The van der Waals surface area contributed by atoms with Crippen LogP contribution in [-0.4, -0.2) is 28.3 Å². The van der Waals surface area contributed by atoms with Gasteiger partial charge in [-0.05, 0) is 60.5 Å². The first-order valence-electron chi connectivity index (χ1n) is 11.8. The molecule has 0 saturated carbocycles. The van der Waals surface area contributed by atoms with Crippen LogP contribution >= 0.6 is 0 Å². The van der Waals surface area contributed by atoms with E-state index in [1.165, 1.54) is 0 Å². The summed E-state index contributed by atoms with van der Waals surface area (Å²) >= 11 is 0. The number of hydrogen-bond acceptors (Lipinski definition) is 6. The number of methoxy groups -OCH3 is 1. The van der Waals surface area contributed by atoms with Gasteiger partial charge in [0.1, 0.15) is 17.2 Å². The van der Waals surface area contributed by atoms with Gasteiger partial charge in [-0.3, -0.25) is 0 Å². The molecule has 1 aliphatic rings. The Hall–Kier alpha value is -4.91. The van der Waals surface area contributed by atoms with E-state index < -0.39 is 11.9 Å². The smallest absolute Gasteiger partial charge is 0.342 e. The number of ether oxygens (including phenoxy) is 2. The molecule has 0 fully saturated rings. The van der Waals surface area contributed by atoms with Crippen LogP contribution in [0.4, 0.5) is 5.69 Å². The number of aromatic amines is 1. The molecule has 3 aromatic carbocycles. The summed E-state index contributed by atoms with van der Waals surface area (Å²) in [7, 11) is 1.60. The topological polar surface area (TPSA) is 104 Å². The van der Waals surface area contributed by atoms with Crippen molar-refractivity contribution in [1.29, 1.82) is 0 Å². The van der Waals surface area contributed by atoms with E-state index in [0.717, 1.165) is 22.2 Å². The van der Waals surface area contributed by atoms with Gasteiger partial charge >= 0.3 is 5.97 Å². The van der Waals surface area contributed by atoms with Gasteiger partial charge in [-0.1, -0.05) is 30.3 Å². The molecule has 0 unspecified atom stereocenters. The van der Waals surface area contributed by atoms with E-state index in [9.17, 15) is 15.0 Å². The number of carbonyl (C=O) groups is 1. The summed E-state index contributed by atoms with van der Waals surface area (Å²) in [6, 6.07) is 23.4. The summed E-state index contributed by atoms with van der Waals surface area (Å²) < 4.78 is 11.3. The zero-order valence-electron chi connectivity index (χ0n) is 20.2. The number of para-hydroxylation sites is 1. The fourth-order valence-electron chi connectivity index (χ4n) is 5.12. The Morgan fingerprint density at radius 3 is 2.49 bits per heavy atom. The molecule has 37 heavy (non-hydrogen) atoms. The molecule has 184 valence electrons. The Morgan fingerprint density at radius 1 is 0.919 bits per heavy atom. The number of aromatic hydroxyl groups is 2. The number of aromatic nitrogens is 1. The van der Waals surface area contributed by atoms with Crippen LogP contribution in [0.15, 0.2) is 90.1 Å². The van der Waals surface area contributed by atoms with E-state index in [2.05, 4.69) is 10.3 Å². The lowest BCUT2D eigenvalue weighted by atomic mass is 9.79. The van der Waals surface area contributed by atoms with E-state index in [-0.39, 0.29) is 11.5 Å². The second-order valence-electron chi connectivity index (χ2n) is 9.07. The van der Waals surface area contributed by atoms with Crippen molar-refractivity contribution < 1.29 is 24.5 Å². The van der Waals surface area contributed by atoms with Crippen molar-refractivity contribution in [2.75, 3.05) is 12.4 Å². The summed E-state index contributed by atoms with van der Waals surface area (Å²) in [4.78, 5) is 16.7. The third-order valence-corrected chi connectivity index (χ3v) is 6.77. The van der Waals surface area contributed by atoms with Gasteiger partial charge in [-0.25, -0.2) is 4.79 Å². The van der Waals surface area contributed by atoms with E-state index in [0.29, 0.717) is 39.6 Å². The number of phenolic OH excluding ortho intramolecular Hbond substituents is 2. The van der Waals surface area contributed by atoms with Crippen molar-refractivity contribution >= 4 is 22.7 Å². The monoisotopic (exact) mass is 492 g/mol. The number of anilines is 1. The fourth-order valence-corrected chi connectivity index (χ4v) is 5.12. The van der Waals surface area contributed by atoms with Crippen LogP contribution in [0.3, 0.4) is 0 Å². The molecule has 5 aromatic rings. The van der Waals surface area contributed by atoms with E-state index >= 15 is 0 Å². The fraction of sp³-hybridized carbons (Fsp3) is 0.100. The maximum absolute atomic E-state index is 13.6. The largest absolute Gasteiger partial charge is 0.508 e. The molecule has 2 aromatic heterocycles. The zero-order chi connectivity index (χ0) is 25.7. The normalized spacial score (nSPS) is 14.9. The third kappa shape index (κ3) is 3.81. The molecular weight excluding hydrogens is 468 g/mol. The SMILES string of the molecule is COc1ccccc1-c1cc(O)c2c(c1)NC(C)=C(C(=O)Oc1cc3ccc1[nH]3)[C@H]2c1cccc(O)c1. The zero-order valence-corrected chi connectivity index (χ0v) is 20.2.